The lowest BCUT2D eigenvalue weighted by Crippen LogP contribution is -2.45. The van der Waals surface area contributed by atoms with Gasteiger partial charge in [0.15, 0.2) is 29.0 Å². The van der Waals surface area contributed by atoms with Crippen LogP contribution >= 0.6 is 0 Å². The van der Waals surface area contributed by atoms with Gasteiger partial charge in [-0.1, -0.05) is 6.92 Å². The number of nitrogens with one attached hydrogen (secondary N) is 3. The van der Waals surface area contributed by atoms with Crippen molar-refractivity contribution in [3.8, 4) is 17.0 Å². The number of imidazole rings is 1. The standard InChI is InChI=1S/C33H40F2N10O3/c1-3-18-15-19(42-29-30-41-17-25(45(30)14-13-39-29)23-10-11-26(48-2)28(35)27(23)34)8-9-22(18)31(46)43-20-6-7-21(16-20)44-32(47)24(36)5-4-12-40-33(37)38/h8-11,13-15,17,20-21,24H,3-7,12,16,36H2,1-2H3,(H,39,42)(H,43,46)(H,44,47)(H4,37,38,40)/t20?,21?,24-/m1/s1. The highest BCUT2D eigenvalue weighted by molar-refractivity contribution is 5.96. The molecule has 3 atom stereocenters. The molecule has 0 aliphatic heterocycles. The van der Waals surface area contributed by atoms with Gasteiger partial charge in [-0.3, -0.25) is 19.0 Å². The second-order valence-corrected chi connectivity index (χ2v) is 11.7. The van der Waals surface area contributed by atoms with Crippen LogP contribution in [0.25, 0.3) is 16.9 Å². The number of benzene rings is 2. The minimum Gasteiger partial charge on any atom is -0.494 e. The highest BCUT2D eigenvalue weighted by atomic mass is 19.2. The number of ether oxygens (including phenoxy) is 1. The number of amides is 2. The first-order chi connectivity index (χ1) is 23.1. The summed E-state index contributed by atoms with van der Waals surface area (Å²) in [7, 11) is 1.27. The fourth-order valence-electron chi connectivity index (χ4n) is 5.88. The molecule has 1 saturated carbocycles. The monoisotopic (exact) mass is 662 g/mol. The lowest BCUT2D eigenvalue weighted by Gasteiger charge is -2.18. The van der Waals surface area contributed by atoms with Crippen molar-refractivity contribution in [1.29, 1.82) is 0 Å². The molecule has 1 aliphatic rings. The topological polar surface area (TPSA) is 200 Å². The summed E-state index contributed by atoms with van der Waals surface area (Å²) in [4.78, 5) is 38.6. The highest BCUT2D eigenvalue weighted by Gasteiger charge is 2.29. The van der Waals surface area contributed by atoms with Gasteiger partial charge in [-0.05, 0) is 74.4 Å². The molecule has 0 bridgehead atoms. The number of fused-ring (bicyclic) bond motifs is 1. The smallest absolute Gasteiger partial charge is 0.251 e. The number of hydrogen-bond acceptors (Lipinski definition) is 8. The molecular formula is C33H40F2N10O3. The van der Waals surface area contributed by atoms with Crippen molar-refractivity contribution in [3.05, 3.63) is 71.7 Å². The number of methoxy groups -OCH3 is 1. The van der Waals surface area contributed by atoms with Crippen molar-refractivity contribution in [2.24, 2.45) is 22.2 Å². The highest BCUT2D eigenvalue weighted by Crippen LogP contribution is 2.32. The van der Waals surface area contributed by atoms with Crippen molar-refractivity contribution >= 4 is 34.9 Å². The van der Waals surface area contributed by atoms with Gasteiger partial charge in [0.25, 0.3) is 5.91 Å². The Hall–Kier alpha value is -5.31. The lowest BCUT2D eigenvalue weighted by molar-refractivity contribution is -0.123. The largest absolute Gasteiger partial charge is 0.494 e. The molecule has 4 aromatic rings. The first-order valence-corrected chi connectivity index (χ1v) is 15.8. The number of guanidine groups is 1. The maximum Gasteiger partial charge on any atom is 0.251 e. The number of nitrogens with two attached hydrogens (primary N) is 3. The summed E-state index contributed by atoms with van der Waals surface area (Å²) in [5.41, 5.74) is 19.5. The van der Waals surface area contributed by atoms with Gasteiger partial charge in [-0.15, -0.1) is 0 Å². The summed E-state index contributed by atoms with van der Waals surface area (Å²) in [6.45, 7) is 2.37. The molecule has 254 valence electrons. The zero-order valence-corrected chi connectivity index (χ0v) is 26.8. The minimum absolute atomic E-state index is 0.00618. The first kappa shape index (κ1) is 34.0. The maximum absolute atomic E-state index is 14.9. The third kappa shape index (κ3) is 7.62. The predicted octanol–water partition coefficient (Wildman–Crippen LogP) is 3.14. The number of carbonyl (C=O) groups is 2. The Bertz CT molecular complexity index is 1820. The lowest BCUT2D eigenvalue weighted by atomic mass is 10.0. The Morgan fingerprint density at radius 1 is 1.10 bits per heavy atom. The van der Waals surface area contributed by atoms with Crippen LogP contribution in [0.2, 0.25) is 0 Å². The molecule has 2 amide bonds. The minimum atomic E-state index is -1.08. The van der Waals surface area contributed by atoms with Crippen molar-refractivity contribution in [1.82, 2.24) is 25.0 Å². The van der Waals surface area contributed by atoms with Crippen LogP contribution in [0.3, 0.4) is 0 Å². The number of aliphatic imine (C=N–C) groups is 1. The van der Waals surface area contributed by atoms with E-state index in [4.69, 9.17) is 21.9 Å². The molecule has 1 fully saturated rings. The number of nitrogens with zero attached hydrogens (tertiary/aromatic N) is 4. The summed E-state index contributed by atoms with van der Waals surface area (Å²) in [6.07, 6.45) is 8.29. The van der Waals surface area contributed by atoms with E-state index in [9.17, 15) is 18.4 Å². The number of carbonyl (C=O) groups excluding carboxylic acids is 2. The number of rotatable bonds is 13. The summed E-state index contributed by atoms with van der Waals surface area (Å²) < 4.78 is 35.8. The third-order valence-corrected chi connectivity index (χ3v) is 8.38. The van der Waals surface area contributed by atoms with Crippen LogP contribution in [0.4, 0.5) is 20.3 Å². The fraction of sp³-hybridized carbons (Fsp3) is 0.364. The summed E-state index contributed by atoms with van der Waals surface area (Å²) in [5.74, 6) is -2.34. The zero-order valence-electron chi connectivity index (χ0n) is 26.8. The fourth-order valence-corrected chi connectivity index (χ4v) is 5.88. The van der Waals surface area contributed by atoms with E-state index < -0.39 is 17.7 Å². The van der Waals surface area contributed by atoms with Crippen LogP contribution in [0, 0.1) is 11.6 Å². The van der Waals surface area contributed by atoms with Gasteiger partial charge in [-0.25, -0.2) is 14.4 Å². The normalized spacial score (nSPS) is 16.4. The molecule has 0 spiro atoms. The quantitative estimate of drug-likeness (QED) is 0.0707. The van der Waals surface area contributed by atoms with Crippen LogP contribution in [-0.2, 0) is 11.2 Å². The maximum atomic E-state index is 14.9. The molecule has 48 heavy (non-hydrogen) atoms. The van der Waals surface area contributed by atoms with E-state index >= 15 is 0 Å². The Morgan fingerprint density at radius 3 is 2.60 bits per heavy atom. The number of aryl methyl sites for hydroxylation is 1. The van der Waals surface area contributed by atoms with E-state index in [0.29, 0.717) is 60.6 Å². The van der Waals surface area contributed by atoms with Crippen LogP contribution in [0.5, 0.6) is 5.75 Å². The van der Waals surface area contributed by atoms with Crippen LogP contribution in [0.1, 0.15) is 54.9 Å². The molecule has 15 heteroatoms. The van der Waals surface area contributed by atoms with E-state index in [1.807, 2.05) is 13.0 Å². The molecule has 5 rings (SSSR count). The van der Waals surface area contributed by atoms with E-state index in [1.54, 1.807) is 22.7 Å². The van der Waals surface area contributed by atoms with Crippen LogP contribution < -0.4 is 37.9 Å². The van der Waals surface area contributed by atoms with Gasteiger partial charge in [0.05, 0.1) is 25.0 Å². The van der Waals surface area contributed by atoms with Crippen molar-refractivity contribution in [3.63, 3.8) is 0 Å². The molecule has 2 unspecified atom stereocenters. The Labute approximate surface area is 276 Å². The second kappa shape index (κ2) is 15.1. The Balaban J connectivity index is 1.22. The Morgan fingerprint density at radius 2 is 1.88 bits per heavy atom. The van der Waals surface area contributed by atoms with Crippen molar-refractivity contribution < 1.29 is 23.1 Å². The number of halogens is 2. The predicted molar refractivity (Wildman–Crippen MR) is 179 cm³/mol. The number of hydrogen-bond donors (Lipinski definition) is 6. The Kier molecular flexibility index (Phi) is 10.7. The van der Waals surface area contributed by atoms with Gasteiger partial charge >= 0.3 is 0 Å². The SMILES string of the molecule is CCc1cc(Nc2nccn3c(-c4ccc(OC)c(F)c4F)cnc23)ccc1C(=O)NC1CCC(NC(=O)[C@H](N)CCCN=C(N)N)C1. The number of aromatic nitrogens is 3. The van der Waals surface area contributed by atoms with E-state index in [1.165, 1.54) is 31.6 Å². The molecule has 2 aromatic heterocycles. The van der Waals surface area contributed by atoms with Gasteiger partial charge in [0.1, 0.15) is 0 Å². The molecule has 9 N–H and O–H groups in total. The second-order valence-electron chi connectivity index (χ2n) is 11.7. The zero-order chi connectivity index (χ0) is 34.4. The summed E-state index contributed by atoms with van der Waals surface area (Å²) >= 11 is 0. The summed E-state index contributed by atoms with van der Waals surface area (Å²) in [6, 6.07) is 7.35. The van der Waals surface area contributed by atoms with Gasteiger partial charge < -0.3 is 37.9 Å². The van der Waals surface area contributed by atoms with E-state index in [-0.39, 0.29) is 41.2 Å². The molecule has 13 nitrogen and oxygen atoms in total. The molecule has 2 aromatic carbocycles. The number of anilines is 2. The van der Waals surface area contributed by atoms with Crippen LogP contribution in [-0.4, -0.2) is 63.9 Å². The van der Waals surface area contributed by atoms with Crippen molar-refractivity contribution in [2.75, 3.05) is 19.0 Å². The van der Waals surface area contributed by atoms with E-state index in [0.717, 1.165) is 18.4 Å². The molecule has 1 aliphatic carbocycles. The van der Waals surface area contributed by atoms with Crippen molar-refractivity contribution in [2.45, 2.75) is 63.6 Å². The molecule has 2 heterocycles. The average molecular weight is 663 g/mol. The third-order valence-electron chi connectivity index (χ3n) is 8.38. The molecule has 0 saturated heterocycles. The van der Waals surface area contributed by atoms with Gasteiger partial charge in [0.2, 0.25) is 11.7 Å². The first-order valence-electron chi connectivity index (χ1n) is 15.8. The average Bonchev–Trinajstić information content (AvgIpc) is 3.71. The van der Waals surface area contributed by atoms with E-state index in [2.05, 4.69) is 30.9 Å². The molecule has 0 radical (unpaired) electrons. The van der Waals surface area contributed by atoms with Gasteiger partial charge in [0, 0.05) is 47.8 Å². The summed E-state index contributed by atoms with van der Waals surface area (Å²) in [5, 5.41) is 9.35. The van der Waals surface area contributed by atoms with Gasteiger partial charge in [-0.2, -0.15) is 4.39 Å². The molecular weight excluding hydrogens is 622 g/mol. The van der Waals surface area contributed by atoms with Crippen LogP contribution in [0.15, 0.2) is 53.9 Å².